The van der Waals surface area contributed by atoms with Crippen LogP contribution in [0.3, 0.4) is 0 Å². The first-order valence-electron chi connectivity index (χ1n) is 7.33. The molecule has 1 aromatic carbocycles. The van der Waals surface area contributed by atoms with Crippen LogP contribution in [0.2, 0.25) is 0 Å². The van der Waals surface area contributed by atoms with E-state index < -0.39 is 11.7 Å². The van der Waals surface area contributed by atoms with E-state index in [0.29, 0.717) is 17.3 Å². The summed E-state index contributed by atoms with van der Waals surface area (Å²) >= 11 is 0. The monoisotopic (exact) mass is 362 g/mol. The molecule has 1 N–H and O–H groups in total. The molecule has 1 unspecified atom stereocenters. The number of hydrogen-bond acceptors (Lipinski definition) is 5. The van der Waals surface area contributed by atoms with Crippen molar-refractivity contribution < 1.29 is 17.7 Å². The summed E-state index contributed by atoms with van der Waals surface area (Å²) in [6.45, 7) is 2.50. The molecule has 1 aliphatic rings. The average molecular weight is 363 g/mol. The summed E-state index contributed by atoms with van der Waals surface area (Å²) in [5.41, 5.74) is -0.184. The van der Waals surface area contributed by atoms with Gasteiger partial charge >= 0.3 is 6.18 Å². The number of halogens is 4. The van der Waals surface area contributed by atoms with Gasteiger partial charge < -0.3 is 9.84 Å². The van der Waals surface area contributed by atoms with Gasteiger partial charge in [-0.1, -0.05) is 23.4 Å². The SMILES string of the molecule is CN1CCNCC1c1noc(Cc2cccc(C(F)(F)F)c2)n1.Cl. The molecule has 1 aliphatic heterocycles. The van der Waals surface area contributed by atoms with Crippen molar-refractivity contribution >= 4 is 12.4 Å². The molecule has 1 saturated heterocycles. The van der Waals surface area contributed by atoms with Crippen molar-refractivity contribution in [2.75, 3.05) is 26.7 Å². The van der Waals surface area contributed by atoms with Gasteiger partial charge in [0.05, 0.1) is 18.0 Å². The summed E-state index contributed by atoms with van der Waals surface area (Å²) < 4.78 is 43.4. The quantitative estimate of drug-likeness (QED) is 0.909. The number of hydrogen-bond donors (Lipinski definition) is 1. The number of alkyl halides is 3. The van der Waals surface area contributed by atoms with Crippen LogP contribution in [0.15, 0.2) is 28.8 Å². The maximum atomic E-state index is 12.7. The second-order valence-electron chi connectivity index (χ2n) is 5.62. The molecule has 0 saturated carbocycles. The summed E-state index contributed by atoms with van der Waals surface area (Å²) in [6.07, 6.45) is -4.17. The molecule has 9 heteroatoms. The number of benzene rings is 1. The highest BCUT2D eigenvalue weighted by Crippen LogP contribution is 2.30. The predicted octanol–water partition coefficient (Wildman–Crippen LogP) is 2.68. The van der Waals surface area contributed by atoms with Crippen LogP contribution in [0, 0.1) is 0 Å². The smallest absolute Gasteiger partial charge is 0.339 e. The molecule has 2 aromatic rings. The number of nitrogens with one attached hydrogen (secondary N) is 1. The topological polar surface area (TPSA) is 54.2 Å². The largest absolute Gasteiger partial charge is 0.416 e. The van der Waals surface area contributed by atoms with Crippen molar-refractivity contribution in [3.63, 3.8) is 0 Å². The number of rotatable bonds is 3. The Bertz CT molecular complexity index is 677. The third-order valence-electron chi connectivity index (χ3n) is 3.90. The summed E-state index contributed by atoms with van der Waals surface area (Å²) in [4.78, 5) is 6.45. The lowest BCUT2D eigenvalue weighted by molar-refractivity contribution is -0.137. The molecule has 0 spiro atoms. The Kier molecular flexibility index (Phi) is 5.84. The standard InChI is InChI=1S/C15H17F3N4O.ClH/c1-22-6-5-19-9-12(22)14-20-13(23-21-14)8-10-3-2-4-11(7-10)15(16,17)18;/h2-4,7,12,19H,5-6,8-9H2,1H3;1H. The maximum Gasteiger partial charge on any atom is 0.416 e. The molecule has 132 valence electrons. The lowest BCUT2D eigenvalue weighted by atomic mass is 10.1. The molecule has 1 atom stereocenters. The van der Waals surface area contributed by atoms with E-state index in [1.165, 1.54) is 6.07 Å². The molecule has 2 heterocycles. The van der Waals surface area contributed by atoms with Crippen LogP contribution in [0.4, 0.5) is 13.2 Å². The highest BCUT2D eigenvalue weighted by atomic mass is 35.5. The van der Waals surface area contributed by atoms with Crippen LogP contribution in [0.5, 0.6) is 0 Å². The molecular formula is C15H18ClF3N4O. The zero-order valence-electron chi connectivity index (χ0n) is 13.0. The predicted molar refractivity (Wildman–Crippen MR) is 84.0 cm³/mol. The molecule has 1 fully saturated rings. The fourth-order valence-electron chi connectivity index (χ4n) is 2.60. The van der Waals surface area contributed by atoms with Crippen LogP contribution >= 0.6 is 12.4 Å². The first kappa shape index (κ1) is 18.7. The summed E-state index contributed by atoms with van der Waals surface area (Å²) in [5, 5.41) is 7.23. The van der Waals surface area contributed by atoms with E-state index in [1.807, 2.05) is 7.05 Å². The second kappa shape index (κ2) is 7.50. The molecule has 0 bridgehead atoms. The highest BCUT2D eigenvalue weighted by Gasteiger charge is 2.30. The molecule has 5 nitrogen and oxygen atoms in total. The lowest BCUT2D eigenvalue weighted by Crippen LogP contribution is -2.44. The van der Waals surface area contributed by atoms with Gasteiger partial charge in [-0.25, -0.2) is 0 Å². The van der Waals surface area contributed by atoms with Gasteiger partial charge in [-0.05, 0) is 18.7 Å². The Hall–Kier alpha value is -1.64. The van der Waals surface area contributed by atoms with Gasteiger partial charge in [0.15, 0.2) is 5.82 Å². The third-order valence-corrected chi connectivity index (χ3v) is 3.90. The minimum Gasteiger partial charge on any atom is -0.339 e. The van der Waals surface area contributed by atoms with Gasteiger partial charge in [-0.15, -0.1) is 12.4 Å². The Labute approximate surface area is 143 Å². The number of likely N-dealkylation sites (N-methyl/N-ethyl adjacent to an activating group) is 1. The third kappa shape index (κ3) is 4.25. The van der Waals surface area contributed by atoms with Crippen LogP contribution in [-0.4, -0.2) is 41.7 Å². The van der Waals surface area contributed by atoms with E-state index in [0.717, 1.165) is 31.8 Å². The Morgan fingerprint density at radius 1 is 1.38 bits per heavy atom. The average Bonchev–Trinajstić information content (AvgIpc) is 2.95. The molecule has 0 amide bonds. The van der Waals surface area contributed by atoms with Gasteiger partial charge in [0.25, 0.3) is 0 Å². The van der Waals surface area contributed by atoms with Crippen molar-refractivity contribution in [1.29, 1.82) is 0 Å². The van der Waals surface area contributed by atoms with Crippen molar-refractivity contribution in [2.24, 2.45) is 0 Å². The molecule has 0 radical (unpaired) electrons. The van der Waals surface area contributed by atoms with E-state index >= 15 is 0 Å². The van der Waals surface area contributed by atoms with E-state index in [4.69, 9.17) is 4.52 Å². The zero-order chi connectivity index (χ0) is 16.4. The number of aromatic nitrogens is 2. The van der Waals surface area contributed by atoms with Crippen molar-refractivity contribution in [2.45, 2.75) is 18.6 Å². The van der Waals surface area contributed by atoms with Gasteiger partial charge in [-0.3, -0.25) is 4.90 Å². The van der Waals surface area contributed by atoms with Crippen molar-refractivity contribution in [3.05, 3.63) is 47.1 Å². The molecule has 24 heavy (non-hydrogen) atoms. The highest BCUT2D eigenvalue weighted by molar-refractivity contribution is 5.85. The zero-order valence-corrected chi connectivity index (χ0v) is 13.8. The van der Waals surface area contributed by atoms with Gasteiger partial charge in [0.1, 0.15) is 0 Å². The first-order chi connectivity index (χ1) is 10.9. The van der Waals surface area contributed by atoms with Crippen molar-refractivity contribution in [3.8, 4) is 0 Å². The maximum absolute atomic E-state index is 12.7. The van der Waals surface area contributed by atoms with E-state index in [9.17, 15) is 13.2 Å². The van der Waals surface area contributed by atoms with Crippen molar-refractivity contribution in [1.82, 2.24) is 20.4 Å². The van der Waals surface area contributed by atoms with E-state index in [-0.39, 0.29) is 24.9 Å². The van der Waals surface area contributed by atoms with Crippen LogP contribution < -0.4 is 5.32 Å². The lowest BCUT2D eigenvalue weighted by Gasteiger charge is -2.30. The summed E-state index contributed by atoms with van der Waals surface area (Å²) in [5.74, 6) is 0.875. The Balaban J connectivity index is 0.00000208. The minimum atomic E-state index is -4.35. The van der Waals surface area contributed by atoms with E-state index in [1.54, 1.807) is 6.07 Å². The van der Waals surface area contributed by atoms with Gasteiger partial charge in [0.2, 0.25) is 5.89 Å². The molecule has 3 rings (SSSR count). The fraction of sp³-hybridized carbons (Fsp3) is 0.467. The number of nitrogens with zero attached hydrogens (tertiary/aromatic N) is 3. The fourth-order valence-corrected chi connectivity index (χ4v) is 2.60. The first-order valence-corrected chi connectivity index (χ1v) is 7.33. The molecular weight excluding hydrogens is 345 g/mol. The second-order valence-corrected chi connectivity index (χ2v) is 5.62. The summed E-state index contributed by atoms with van der Waals surface area (Å²) in [6, 6.07) is 5.17. The van der Waals surface area contributed by atoms with Gasteiger partial charge in [-0.2, -0.15) is 18.2 Å². The minimum absolute atomic E-state index is 0. The summed E-state index contributed by atoms with van der Waals surface area (Å²) in [7, 11) is 1.98. The number of piperazine rings is 1. The van der Waals surface area contributed by atoms with Gasteiger partial charge in [0, 0.05) is 19.6 Å². The van der Waals surface area contributed by atoms with Crippen LogP contribution in [0.1, 0.15) is 28.9 Å². The Morgan fingerprint density at radius 3 is 2.88 bits per heavy atom. The normalized spacial score (nSPS) is 19.1. The molecule has 0 aliphatic carbocycles. The molecule has 1 aromatic heterocycles. The Morgan fingerprint density at radius 2 is 2.17 bits per heavy atom. The van der Waals surface area contributed by atoms with Crippen LogP contribution in [0.25, 0.3) is 0 Å². The van der Waals surface area contributed by atoms with Crippen LogP contribution in [-0.2, 0) is 12.6 Å². The van der Waals surface area contributed by atoms with E-state index in [2.05, 4.69) is 20.4 Å².